The zero-order valence-electron chi connectivity index (χ0n) is 8.92. The fraction of sp³-hybridized carbons (Fsp3) is 0.500. The second-order valence-corrected chi connectivity index (χ2v) is 3.50. The van der Waals surface area contributed by atoms with Crippen molar-refractivity contribution in [1.82, 2.24) is 0 Å². The molecule has 78 valence electrons. The van der Waals surface area contributed by atoms with Gasteiger partial charge in [-0.1, -0.05) is 19.4 Å². The largest absolute Gasteiger partial charge is 0.508 e. The smallest absolute Gasteiger partial charge is 0.118 e. The molecule has 0 aliphatic heterocycles. The number of hydrogen-bond acceptors (Lipinski definition) is 2. The molecule has 0 aromatic heterocycles. The summed E-state index contributed by atoms with van der Waals surface area (Å²) in [6.45, 7) is 2.76. The average molecular weight is 194 g/mol. The summed E-state index contributed by atoms with van der Waals surface area (Å²) in [4.78, 5) is 0. The molecule has 0 unspecified atom stereocenters. The first-order chi connectivity index (χ1) is 6.77. The van der Waals surface area contributed by atoms with E-state index < -0.39 is 0 Å². The Bertz CT molecular complexity index is 282. The van der Waals surface area contributed by atoms with Crippen LogP contribution in [-0.2, 0) is 17.8 Å². The predicted octanol–water partition coefficient (Wildman–Crippen LogP) is 2.88. The molecule has 0 heterocycles. The molecule has 1 aromatic rings. The van der Waals surface area contributed by atoms with Gasteiger partial charge in [0, 0.05) is 7.11 Å². The Morgan fingerprint density at radius 1 is 1.36 bits per heavy atom. The third-order valence-corrected chi connectivity index (χ3v) is 2.25. The lowest BCUT2D eigenvalue weighted by molar-refractivity contribution is 0.185. The monoisotopic (exact) mass is 194 g/mol. The van der Waals surface area contributed by atoms with Gasteiger partial charge in [-0.25, -0.2) is 0 Å². The van der Waals surface area contributed by atoms with Crippen LogP contribution in [0, 0.1) is 0 Å². The number of rotatable bonds is 5. The quantitative estimate of drug-likeness (QED) is 0.781. The molecule has 1 rings (SSSR count). The highest BCUT2D eigenvalue weighted by Gasteiger charge is 2.02. The van der Waals surface area contributed by atoms with E-state index >= 15 is 0 Å². The maximum atomic E-state index is 9.59. The SMILES string of the molecule is CCCCc1cc(COC)ccc1O. The molecule has 14 heavy (non-hydrogen) atoms. The number of phenols is 1. The van der Waals surface area contributed by atoms with Gasteiger partial charge in [0.05, 0.1) is 6.61 Å². The lowest BCUT2D eigenvalue weighted by Crippen LogP contribution is -1.91. The number of aryl methyl sites for hydroxylation is 1. The van der Waals surface area contributed by atoms with E-state index in [9.17, 15) is 5.11 Å². The van der Waals surface area contributed by atoms with Crippen LogP contribution in [0.3, 0.4) is 0 Å². The topological polar surface area (TPSA) is 29.5 Å². The molecule has 2 nitrogen and oxygen atoms in total. The summed E-state index contributed by atoms with van der Waals surface area (Å²) in [5.74, 6) is 0.401. The fourth-order valence-electron chi connectivity index (χ4n) is 1.46. The summed E-state index contributed by atoms with van der Waals surface area (Å²) in [5, 5.41) is 9.59. The standard InChI is InChI=1S/C12H18O2/c1-3-4-5-11-8-10(9-14-2)6-7-12(11)13/h6-8,13H,3-5,9H2,1-2H3. The molecule has 0 saturated carbocycles. The van der Waals surface area contributed by atoms with Gasteiger partial charge >= 0.3 is 0 Å². The van der Waals surface area contributed by atoms with Crippen molar-refractivity contribution in [3.8, 4) is 5.75 Å². The van der Waals surface area contributed by atoms with E-state index in [2.05, 4.69) is 6.92 Å². The summed E-state index contributed by atoms with van der Waals surface area (Å²) in [7, 11) is 1.68. The van der Waals surface area contributed by atoms with Gasteiger partial charge in [-0.3, -0.25) is 0 Å². The Morgan fingerprint density at radius 3 is 2.79 bits per heavy atom. The number of unbranched alkanes of at least 4 members (excludes halogenated alkanes) is 1. The molecule has 0 radical (unpaired) electrons. The lowest BCUT2D eigenvalue weighted by Gasteiger charge is -2.06. The number of ether oxygens (including phenoxy) is 1. The molecule has 0 bridgehead atoms. The van der Waals surface area contributed by atoms with Gasteiger partial charge in [0.1, 0.15) is 5.75 Å². The predicted molar refractivity (Wildman–Crippen MR) is 57.4 cm³/mol. The molecular formula is C12H18O2. The Balaban J connectivity index is 2.74. The van der Waals surface area contributed by atoms with Crippen LogP contribution in [0.15, 0.2) is 18.2 Å². The van der Waals surface area contributed by atoms with E-state index in [1.165, 1.54) is 0 Å². The molecule has 2 heteroatoms. The van der Waals surface area contributed by atoms with Crippen LogP contribution in [0.1, 0.15) is 30.9 Å². The average Bonchev–Trinajstić information content (AvgIpc) is 2.19. The van der Waals surface area contributed by atoms with Crippen LogP contribution in [-0.4, -0.2) is 12.2 Å². The molecule has 0 aliphatic rings. The van der Waals surface area contributed by atoms with Crippen molar-refractivity contribution >= 4 is 0 Å². The molecule has 1 N–H and O–H groups in total. The van der Waals surface area contributed by atoms with Crippen molar-refractivity contribution < 1.29 is 9.84 Å². The van der Waals surface area contributed by atoms with Gasteiger partial charge < -0.3 is 9.84 Å². The second kappa shape index (κ2) is 5.66. The highest BCUT2D eigenvalue weighted by Crippen LogP contribution is 2.20. The molecule has 0 saturated heterocycles. The van der Waals surface area contributed by atoms with Crippen LogP contribution in [0.2, 0.25) is 0 Å². The number of aromatic hydroxyl groups is 1. The zero-order valence-corrected chi connectivity index (χ0v) is 8.92. The Labute approximate surface area is 85.5 Å². The second-order valence-electron chi connectivity index (χ2n) is 3.50. The van der Waals surface area contributed by atoms with Crippen molar-refractivity contribution in [1.29, 1.82) is 0 Å². The minimum absolute atomic E-state index is 0.401. The highest BCUT2D eigenvalue weighted by molar-refractivity contribution is 5.36. The van der Waals surface area contributed by atoms with Crippen molar-refractivity contribution in [2.24, 2.45) is 0 Å². The van der Waals surface area contributed by atoms with Crippen LogP contribution < -0.4 is 0 Å². The van der Waals surface area contributed by atoms with E-state index in [-0.39, 0.29) is 0 Å². The third kappa shape index (κ3) is 3.04. The first-order valence-electron chi connectivity index (χ1n) is 5.07. The minimum atomic E-state index is 0.401. The van der Waals surface area contributed by atoms with Gasteiger partial charge in [0.15, 0.2) is 0 Å². The lowest BCUT2D eigenvalue weighted by atomic mass is 10.0. The molecule has 0 fully saturated rings. The molecule has 0 amide bonds. The van der Waals surface area contributed by atoms with E-state index in [1.54, 1.807) is 13.2 Å². The van der Waals surface area contributed by atoms with Crippen molar-refractivity contribution in [2.45, 2.75) is 32.8 Å². The van der Waals surface area contributed by atoms with Crippen LogP contribution in [0.5, 0.6) is 5.75 Å². The highest BCUT2D eigenvalue weighted by atomic mass is 16.5. The molecule has 0 atom stereocenters. The summed E-state index contributed by atoms with van der Waals surface area (Å²) in [5.41, 5.74) is 2.15. The first kappa shape index (κ1) is 11.1. The summed E-state index contributed by atoms with van der Waals surface area (Å²) in [6, 6.07) is 5.67. The van der Waals surface area contributed by atoms with Crippen LogP contribution >= 0.6 is 0 Å². The van der Waals surface area contributed by atoms with Crippen LogP contribution in [0.4, 0.5) is 0 Å². The Morgan fingerprint density at radius 2 is 2.14 bits per heavy atom. The maximum absolute atomic E-state index is 9.59. The molecule has 0 spiro atoms. The van der Waals surface area contributed by atoms with Crippen molar-refractivity contribution in [2.75, 3.05) is 7.11 Å². The number of benzene rings is 1. The van der Waals surface area contributed by atoms with E-state index in [0.29, 0.717) is 12.4 Å². The van der Waals surface area contributed by atoms with E-state index in [1.807, 2.05) is 12.1 Å². The number of hydrogen-bond donors (Lipinski definition) is 1. The van der Waals surface area contributed by atoms with E-state index in [4.69, 9.17) is 4.74 Å². The Hall–Kier alpha value is -1.02. The fourth-order valence-corrected chi connectivity index (χ4v) is 1.46. The number of phenolic OH excluding ortho intramolecular Hbond substituents is 1. The van der Waals surface area contributed by atoms with Gasteiger partial charge in [0.25, 0.3) is 0 Å². The first-order valence-corrected chi connectivity index (χ1v) is 5.07. The minimum Gasteiger partial charge on any atom is -0.508 e. The summed E-state index contributed by atoms with van der Waals surface area (Å²) in [6.07, 6.45) is 3.21. The molecule has 0 aliphatic carbocycles. The van der Waals surface area contributed by atoms with Gasteiger partial charge in [-0.2, -0.15) is 0 Å². The van der Waals surface area contributed by atoms with E-state index in [0.717, 1.165) is 30.4 Å². The normalized spacial score (nSPS) is 10.4. The van der Waals surface area contributed by atoms with Gasteiger partial charge in [0.2, 0.25) is 0 Å². The Kier molecular flexibility index (Phi) is 4.47. The third-order valence-electron chi connectivity index (χ3n) is 2.25. The molecule has 1 aromatic carbocycles. The van der Waals surface area contributed by atoms with Crippen molar-refractivity contribution in [3.63, 3.8) is 0 Å². The van der Waals surface area contributed by atoms with Gasteiger partial charge in [-0.05, 0) is 36.1 Å². The maximum Gasteiger partial charge on any atom is 0.118 e. The zero-order chi connectivity index (χ0) is 10.4. The van der Waals surface area contributed by atoms with Gasteiger partial charge in [-0.15, -0.1) is 0 Å². The summed E-state index contributed by atoms with van der Waals surface area (Å²) >= 11 is 0. The summed E-state index contributed by atoms with van der Waals surface area (Å²) < 4.78 is 5.05. The molecular weight excluding hydrogens is 176 g/mol. The van der Waals surface area contributed by atoms with Crippen molar-refractivity contribution in [3.05, 3.63) is 29.3 Å². The van der Waals surface area contributed by atoms with Crippen LogP contribution in [0.25, 0.3) is 0 Å². The number of methoxy groups -OCH3 is 1.